The molecule has 17 nitrogen and oxygen atoms in total. The number of rotatable bonds is 84. The topological polar surface area (TPSA) is 237 Å². The number of carbonyl (C=O) groups excluding carboxylic acids is 4. The van der Waals surface area contributed by atoms with E-state index in [2.05, 4.69) is 48.5 Å². The van der Waals surface area contributed by atoms with Gasteiger partial charge >= 0.3 is 39.5 Å². The van der Waals surface area contributed by atoms with E-state index in [9.17, 15) is 43.2 Å². The van der Waals surface area contributed by atoms with Gasteiger partial charge in [-0.25, -0.2) is 9.13 Å². The zero-order valence-corrected chi connectivity index (χ0v) is 71.0. The molecule has 0 heterocycles. The number of phosphoric ester groups is 2. The first-order valence-corrected chi connectivity index (χ1v) is 47.4. The third-order valence-electron chi connectivity index (χ3n) is 20.5. The van der Waals surface area contributed by atoms with Crippen LogP contribution >= 0.6 is 15.6 Å². The largest absolute Gasteiger partial charge is 0.472 e. The van der Waals surface area contributed by atoms with Crippen molar-refractivity contribution in [1.82, 2.24) is 0 Å². The van der Waals surface area contributed by atoms with Crippen molar-refractivity contribution in [2.75, 3.05) is 39.6 Å². The second-order valence-corrected chi connectivity index (χ2v) is 35.0. The molecule has 3 unspecified atom stereocenters. The van der Waals surface area contributed by atoms with Crippen molar-refractivity contribution >= 4 is 39.5 Å². The first-order chi connectivity index (χ1) is 50.8. The van der Waals surface area contributed by atoms with Crippen molar-refractivity contribution in [3.63, 3.8) is 0 Å². The maximum Gasteiger partial charge on any atom is 0.472 e. The van der Waals surface area contributed by atoms with Gasteiger partial charge in [-0.15, -0.1) is 0 Å². The fourth-order valence-electron chi connectivity index (χ4n) is 13.3. The van der Waals surface area contributed by atoms with Crippen LogP contribution in [0, 0.1) is 17.8 Å². The van der Waals surface area contributed by atoms with Crippen LogP contribution in [0.4, 0.5) is 0 Å². The molecule has 0 saturated heterocycles. The third kappa shape index (κ3) is 78.5. The van der Waals surface area contributed by atoms with Gasteiger partial charge in [0, 0.05) is 25.7 Å². The molecule has 0 amide bonds. The number of unbranched alkanes of at least 4 members (excludes halogenated alkanes) is 51. The first kappa shape index (κ1) is 103. The smallest absolute Gasteiger partial charge is 0.462 e. The van der Waals surface area contributed by atoms with Gasteiger partial charge in [0.25, 0.3) is 0 Å². The quantitative estimate of drug-likeness (QED) is 0.0222. The summed E-state index contributed by atoms with van der Waals surface area (Å²) in [5.41, 5.74) is 0. The second-order valence-electron chi connectivity index (χ2n) is 32.1. The lowest BCUT2D eigenvalue weighted by molar-refractivity contribution is -0.161. The molecule has 0 rings (SSSR count). The molecule has 0 aliphatic carbocycles. The van der Waals surface area contributed by atoms with Crippen LogP contribution in [0.1, 0.15) is 453 Å². The Morgan fingerprint density at radius 3 is 0.724 bits per heavy atom. The van der Waals surface area contributed by atoms with Crippen molar-refractivity contribution in [2.24, 2.45) is 17.8 Å². The van der Waals surface area contributed by atoms with E-state index in [0.29, 0.717) is 25.7 Å². The fourth-order valence-corrected chi connectivity index (χ4v) is 14.9. The number of hydrogen-bond donors (Lipinski definition) is 3. The van der Waals surface area contributed by atoms with E-state index in [1.807, 2.05) is 0 Å². The minimum atomic E-state index is -4.97. The van der Waals surface area contributed by atoms with E-state index in [-0.39, 0.29) is 25.7 Å². The Morgan fingerprint density at radius 1 is 0.276 bits per heavy atom. The summed E-state index contributed by atoms with van der Waals surface area (Å²) in [6.45, 7) is 12.0. The lowest BCUT2D eigenvalue weighted by atomic mass is 10.00. The van der Waals surface area contributed by atoms with Gasteiger partial charge < -0.3 is 33.8 Å². The Hall–Kier alpha value is -1.94. The SMILES string of the molecule is CCCCCCCCCCCCCCCCCCCCCC(=O)OC[C@H](COP(=O)(O)OC[C@@H](O)COP(=O)(O)OC[C@@H](COC(=O)CCCCCCCCC(C)CC)OC(=O)CCCCCCCCCCCCCCCCC(C)C)OC(=O)CCCCCCCCCCCCCCCCCCC(C)C. The van der Waals surface area contributed by atoms with E-state index < -0.39 is 97.5 Å². The van der Waals surface area contributed by atoms with Crippen LogP contribution < -0.4 is 0 Å². The normalized spacial score (nSPS) is 14.1. The average molecular weight is 1540 g/mol. The molecule has 0 saturated carbocycles. The van der Waals surface area contributed by atoms with E-state index in [1.54, 1.807) is 0 Å². The Kier molecular flexibility index (Phi) is 74.7. The van der Waals surface area contributed by atoms with Crippen LogP contribution in [0.2, 0.25) is 0 Å². The Labute approximate surface area is 645 Å². The van der Waals surface area contributed by atoms with Gasteiger partial charge in [0.1, 0.15) is 19.3 Å². The van der Waals surface area contributed by atoms with Crippen molar-refractivity contribution in [2.45, 2.75) is 471 Å². The van der Waals surface area contributed by atoms with E-state index in [1.165, 1.54) is 257 Å². The number of esters is 4. The lowest BCUT2D eigenvalue weighted by Gasteiger charge is -2.21. The van der Waals surface area contributed by atoms with Gasteiger partial charge in [0.2, 0.25) is 0 Å². The summed E-state index contributed by atoms with van der Waals surface area (Å²) < 4.78 is 68.9. The van der Waals surface area contributed by atoms with Crippen molar-refractivity contribution in [3.8, 4) is 0 Å². The Bertz CT molecular complexity index is 2030. The van der Waals surface area contributed by atoms with Gasteiger partial charge in [-0.1, -0.05) is 402 Å². The van der Waals surface area contributed by atoms with Gasteiger partial charge in [-0.3, -0.25) is 37.3 Å². The van der Waals surface area contributed by atoms with Crippen molar-refractivity contribution < 1.29 is 80.2 Å². The number of aliphatic hydroxyl groups is 1. The molecule has 0 spiro atoms. The van der Waals surface area contributed by atoms with Gasteiger partial charge in [0.05, 0.1) is 26.4 Å². The molecule has 0 bridgehead atoms. The molecule has 0 aliphatic heterocycles. The van der Waals surface area contributed by atoms with Crippen LogP contribution in [0.3, 0.4) is 0 Å². The molecular weight excluding hydrogens is 1370 g/mol. The number of aliphatic hydroxyl groups excluding tert-OH is 1. The molecule has 0 aliphatic rings. The highest BCUT2D eigenvalue weighted by molar-refractivity contribution is 7.47. The standard InChI is InChI=1S/C86H168O17P2/c1-8-10-11-12-13-14-15-16-17-18-19-20-24-30-35-40-45-53-60-67-83(88)96-73-81(102-85(90)69-62-55-46-41-36-31-25-22-21-23-28-33-38-43-50-57-64-77(3)4)75-100-104(92,93)98-71-80(87)72-99-105(94,95)101-76-82(74-97-84(89)68-61-54-49-48-52-59-66-79(7)9-2)103-86(91)70-63-56-47-42-37-32-27-26-29-34-39-44-51-58-65-78(5)6/h77-82,87H,8-76H2,1-7H3,(H,92,93)(H,94,95)/t79?,80-,81-,82-/m1/s1. The van der Waals surface area contributed by atoms with E-state index in [0.717, 1.165) is 114 Å². The van der Waals surface area contributed by atoms with Gasteiger partial charge in [-0.05, 0) is 43.4 Å². The zero-order chi connectivity index (χ0) is 77.2. The predicted octanol–water partition coefficient (Wildman–Crippen LogP) is 26.1. The summed E-state index contributed by atoms with van der Waals surface area (Å²) >= 11 is 0. The van der Waals surface area contributed by atoms with Crippen molar-refractivity contribution in [3.05, 3.63) is 0 Å². The van der Waals surface area contributed by atoms with Crippen LogP contribution in [0.25, 0.3) is 0 Å². The summed E-state index contributed by atoms with van der Waals surface area (Å²) in [4.78, 5) is 73.2. The lowest BCUT2D eigenvalue weighted by Crippen LogP contribution is -2.30. The molecular formula is C86H168O17P2. The molecule has 624 valence electrons. The summed E-state index contributed by atoms with van der Waals surface area (Å²) in [6.07, 6.45) is 66.7. The summed E-state index contributed by atoms with van der Waals surface area (Å²) in [6, 6.07) is 0. The average Bonchev–Trinajstić information content (AvgIpc) is 0.904. The monoisotopic (exact) mass is 1540 g/mol. The van der Waals surface area contributed by atoms with Crippen LogP contribution in [-0.4, -0.2) is 96.7 Å². The highest BCUT2D eigenvalue weighted by Crippen LogP contribution is 2.45. The minimum Gasteiger partial charge on any atom is -0.462 e. The molecule has 0 aromatic rings. The number of phosphoric acid groups is 2. The van der Waals surface area contributed by atoms with Crippen LogP contribution in [0.15, 0.2) is 0 Å². The van der Waals surface area contributed by atoms with Gasteiger partial charge in [-0.2, -0.15) is 0 Å². The Morgan fingerprint density at radius 2 is 0.486 bits per heavy atom. The summed E-state index contributed by atoms with van der Waals surface area (Å²) in [5.74, 6) is 0.229. The Balaban J connectivity index is 5.24. The van der Waals surface area contributed by atoms with Gasteiger partial charge in [0.15, 0.2) is 12.2 Å². The first-order valence-electron chi connectivity index (χ1n) is 44.4. The molecule has 105 heavy (non-hydrogen) atoms. The molecule has 0 fully saturated rings. The maximum absolute atomic E-state index is 13.1. The number of carbonyl (C=O) groups is 4. The zero-order valence-electron chi connectivity index (χ0n) is 69.2. The highest BCUT2D eigenvalue weighted by Gasteiger charge is 2.30. The minimum absolute atomic E-state index is 0.107. The highest BCUT2D eigenvalue weighted by atomic mass is 31.2. The predicted molar refractivity (Wildman–Crippen MR) is 432 cm³/mol. The second kappa shape index (κ2) is 76.1. The fraction of sp³-hybridized carbons (Fsp3) is 0.953. The number of hydrogen-bond acceptors (Lipinski definition) is 15. The molecule has 19 heteroatoms. The van der Waals surface area contributed by atoms with Crippen LogP contribution in [0.5, 0.6) is 0 Å². The van der Waals surface area contributed by atoms with Crippen molar-refractivity contribution in [1.29, 1.82) is 0 Å². The molecule has 0 aromatic carbocycles. The molecule has 6 atom stereocenters. The summed E-state index contributed by atoms with van der Waals surface area (Å²) in [5, 5.41) is 10.7. The molecule has 3 N–H and O–H groups in total. The third-order valence-corrected chi connectivity index (χ3v) is 22.4. The molecule has 0 aromatic heterocycles. The maximum atomic E-state index is 13.1. The van der Waals surface area contributed by atoms with E-state index >= 15 is 0 Å². The summed E-state index contributed by atoms with van der Waals surface area (Å²) in [7, 11) is -9.93. The van der Waals surface area contributed by atoms with Crippen LogP contribution in [-0.2, 0) is 65.4 Å². The number of ether oxygens (including phenoxy) is 4. The molecule has 0 radical (unpaired) electrons. The van der Waals surface area contributed by atoms with E-state index in [4.69, 9.17) is 37.0 Å².